The zero-order valence-electron chi connectivity index (χ0n) is 10.7. The van der Waals surface area contributed by atoms with E-state index in [-0.39, 0.29) is 0 Å². The highest BCUT2D eigenvalue weighted by atomic mass is 16.5. The van der Waals surface area contributed by atoms with Gasteiger partial charge in [0.25, 0.3) is 0 Å². The molecule has 16 heavy (non-hydrogen) atoms. The predicted molar refractivity (Wildman–Crippen MR) is 65.5 cm³/mol. The molecule has 1 saturated carbocycles. The lowest BCUT2D eigenvalue weighted by atomic mass is 10.0. The highest BCUT2D eigenvalue weighted by molar-refractivity contribution is 4.95. The molecule has 0 bridgehead atoms. The standard InChI is InChI=1S/C12H26N2O2/c1-15-9-7-14(8-10-16-2)11-12(3-4-12)5-6-13/h3-11,13H2,1-2H3. The Morgan fingerprint density at radius 2 is 1.69 bits per heavy atom. The van der Waals surface area contributed by atoms with Crippen LogP contribution in [-0.2, 0) is 9.47 Å². The molecule has 4 nitrogen and oxygen atoms in total. The molecule has 0 aromatic rings. The first-order valence-electron chi connectivity index (χ1n) is 6.16. The van der Waals surface area contributed by atoms with Gasteiger partial charge < -0.3 is 15.2 Å². The lowest BCUT2D eigenvalue weighted by Gasteiger charge is -2.26. The second-order valence-electron chi connectivity index (χ2n) is 4.80. The summed E-state index contributed by atoms with van der Waals surface area (Å²) in [5, 5.41) is 0. The van der Waals surface area contributed by atoms with Gasteiger partial charge in [-0.15, -0.1) is 0 Å². The Morgan fingerprint density at radius 1 is 1.12 bits per heavy atom. The average Bonchev–Trinajstić information content (AvgIpc) is 3.03. The maximum atomic E-state index is 5.66. The maximum Gasteiger partial charge on any atom is 0.0589 e. The number of hydrogen-bond acceptors (Lipinski definition) is 4. The topological polar surface area (TPSA) is 47.7 Å². The monoisotopic (exact) mass is 230 g/mol. The highest BCUT2D eigenvalue weighted by Gasteiger charge is 2.42. The summed E-state index contributed by atoms with van der Waals surface area (Å²) >= 11 is 0. The molecule has 0 amide bonds. The normalized spacial score (nSPS) is 18.0. The third kappa shape index (κ3) is 4.78. The van der Waals surface area contributed by atoms with Crippen molar-refractivity contribution in [2.24, 2.45) is 11.1 Å². The molecule has 0 aromatic heterocycles. The number of nitrogens with zero attached hydrogens (tertiary/aromatic N) is 1. The minimum atomic E-state index is 0.510. The van der Waals surface area contributed by atoms with E-state index in [1.54, 1.807) is 14.2 Å². The molecule has 4 heteroatoms. The van der Waals surface area contributed by atoms with Gasteiger partial charge in [0.2, 0.25) is 0 Å². The highest BCUT2D eigenvalue weighted by Crippen LogP contribution is 2.48. The fourth-order valence-corrected chi connectivity index (χ4v) is 2.16. The van der Waals surface area contributed by atoms with Crippen LogP contribution in [0, 0.1) is 5.41 Å². The van der Waals surface area contributed by atoms with Crippen molar-refractivity contribution < 1.29 is 9.47 Å². The van der Waals surface area contributed by atoms with Gasteiger partial charge in [-0.1, -0.05) is 0 Å². The van der Waals surface area contributed by atoms with Crippen molar-refractivity contribution >= 4 is 0 Å². The number of rotatable bonds is 10. The van der Waals surface area contributed by atoms with E-state index in [4.69, 9.17) is 15.2 Å². The smallest absolute Gasteiger partial charge is 0.0589 e. The SMILES string of the molecule is COCCN(CCOC)CC1(CCN)CC1. The van der Waals surface area contributed by atoms with Gasteiger partial charge in [0, 0.05) is 33.9 Å². The zero-order valence-corrected chi connectivity index (χ0v) is 10.7. The Hall–Kier alpha value is -0.160. The Labute approximate surface area is 99.1 Å². The Kier molecular flexibility index (Phi) is 6.28. The van der Waals surface area contributed by atoms with Crippen LogP contribution >= 0.6 is 0 Å². The first-order chi connectivity index (χ1) is 7.76. The van der Waals surface area contributed by atoms with Crippen molar-refractivity contribution in [2.45, 2.75) is 19.3 Å². The second-order valence-corrected chi connectivity index (χ2v) is 4.80. The average molecular weight is 230 g/mol. The van der Waals surface area contributed by atoms with E-state index in [9.17, 15) is 0 Å². The van der Waals surface area contributed by atoms with Crippen LogP contribution in [0.3, 0.4) is 0 Å². The van der Waals surface area contributed by atoms with E-state index in [1.165, 1.54) is 12.8 Å². The first kappa shape index (κ1) is 13.9. The minimum Gasteiger partial charge on any atom is -0.383 e. The molecular formula is C12H26N2O2. The van der Waals surface area contributed by atoms with Crippen LogP contribution in [0.25, 0.3) is 0 Å². The van der Waals surface area contributed by atoms with Crippen molar-refractivity contribution in [3.8, 4) is 0 Å². The van der Waals surface area contributed by atoms with Crippen molar-refractivity contribution in [1.82, 2.24) is 4.90 Å². The van der Waals surface area contributed by atoms with E-state index in [2.05, 4.69) is 4.90 Å². The molecule has 0 spiro atoms. The van der Waals surface area contributed by atoms with Gasteiger partial charge in [-0.05, 0) is 31.2 Å². The van der Waals surface area contributed by atoms with Crippen LogP contribution in [0.1, 0.15) is 19.3 Å². The predicted octanol–water partition coefficient (Wildman–Crippen LogP) is 0.710. The molecule has 0 heterocycles. The molecule has 1 aliphatic carbocycles. The van der Waals surface area contributed by atoms with Gasteiger partial charge >= 0.3 is 0 Å². The van der Waals surface area contributed by atoms with Crippen LogP contribution < -0.4 is 5.73 Å². The first-order valence-corrected chi connectivity index (χ1v) is 6.16. The van der Waals surface area contributed by atoms with E-state index >= 15 is 0 Å². The molecule has 0 unspecified atom stereocenters. The number of nitrogens with two attached hydrogens (primary N) is 1. The van der Waals surface area contributed by atoms with Gasteiger partial charge in [0.05, 0.1) is 13.2 Å². The van der Waals surface area contributed by atoms with E-state index in [1.807, 2.05) is 0 Å². The molecule has 0 aliphatic heterocycles. The zero-order chi connectivity index (χ0) is 11.9. The van der Waals surface area contributed by atoms with Crippen LogP contribution in [0.4, 0.5) is 0 Å². The Morgan fingerprint density at radius 3 is 2.06 bits per heavy atom. The minimum absolute atomic E-state index is 0.510. The summed E-state index contributed by atoms with van der Waals surface area (Å²) in [4.78, 5) is 2.44. The molecular weight excluding hydrogens is 204 g/mol. The fraction of sp³-hybridized carbons (Fsp3) is 1.00. The largest absolute Gasteiger partial charge is 0.383 e. The lowest BCUT2D eigenvalue weighted by Crippen LogP contribution is -2.36. The molecule has 0 saturated heterocycles. The molecule has 2 N–H and O–H groups in total. The molecule has 0 aromatic carbocycles. The third-order valence-electron chi connectivity index (χ3n) is 3.41. The van der Waals surface area contributed by atoms with Crippen molar-refractivity contribution in [3.05, 3.63) is 0 Å². The summed E-state index contributed by atoms with van der Waals surface area (Å²) in [6.07, 6.45) is 3.82. The fourth-order valence-electron chi connectivity index (χ4n) is 2.16. The molecule has 1 fully saturated rings. The van der Waals surface area contributed by atoms with Gasteiger partial charge in [-0.2, -0.15) is 0 Å². The lowest BCUT2D eigenvalue weighted by molar-refractivity contribution is 0.0994. The van der Waals surface area contributed by atoms with Crippen molar-refractivity contribution in [2.75, 3.05) is 53.6 Å². The molecule has 96 valence electrons. The summed E-state index contributed by atoms with van der Waals surface area (Å²) < 4.78 is 10.3. The Bertz CT molecular complexity index is 176. The molecule has 1 aliphatic rings. The molecule has 0 atom stereocenters. The second kappa shape index (κ2) is 7.22. The van der Waals surface area contributed by atoms with E-state index < -0.39 is 0 Å². The quantitative estimate of drug-likeness (QED) is 0.600. The summed E-state index contributed by atoms with van der Waals surface area (Å²) in [6.45, 7) is 5.53. The van der Waals surface area contributed by atoms with Gasteiger partial charge in [0.1, 0.15) is 0 Å². The van der Waals surface area contributed by atoms with Crippen LogP contribution in [0.5, 0.6) is 0 Å². The maximum absolute atomic E-state index is 5.66. The molecule has 0 radical (unpaired) electrons. The van der Waals surface area contributed by atoms with Gasteiger partial charge in [-0.25, -0.2) is 0 Å². The molecule has 1 rings (SSSR count). The van der Waals surface area contributed by atoms with E-state index in [0.717, 1.165) is 45.8 Å². The van der Waals surface area contributed by atoms with Gasteiger partial charge in [-0.3, -0.25) is 4.90 Å². The summed E-state index contributed by atoms with van der Waals surface area (Å²) in [5.41, 5.74) is 6.17. The number of ether oxygens (including phenoxy) is 2. The number of methoxy groups -OCH3 is 2. The van der Waals surface area contributed by atoms with Crippen molar-refractivity contribution in [1.29, 1.82) is 0 Å². The summed E-state index contributed by atoms with van der Waals surface area (Å²) in [5.74, 6) is 0. The number of hydrogen-bond donors (Lipinski definition) is 1. The van der Waals surface area contributed by atoms with Crippen LogP contribution in [-0.4, -0.2) is 58.5 Å². The van der Waals surface area contributed by atoms with Crippen molar-refractivity contribution in [3.63, 3.8) is 0 Å². The Balaban J connectivity index is 2.30. The van der Waals surface area contributed by atoms with Crippen LogP contribution in [0.15, 0.2) is 0 Å². The summed E-state index contributed by atoms with van der Waals surface area (Å²) in [7, 11) is 3.50. The van der Waals surface area contributed by atoms with Gasteiger partial charge in [0.15, 0.2) is 0 Å². The van der Waals surface area contributed by atoms with Crippen LogP contribution in [0.2, 0.25) is 0 Å². The third-order valence-corrected chi connectivity index (χ3v) is 3.41. The van der Waals surface area contributed by atoms with E-state index in [0.29, 0.717) is 5.41 Å². The summed E-state index contributed by atoms with van der Waals surface area (Å²) in [6, 6.07) is 0.